The number of halogens is 1. The first kappa shape index (κ1) is 11.6. The van der Waals surface area contributed by atoms with Crippen LogP contribution in [0.2, 0.25) is 5.15 Å². The van der Waals surface area contributed by atoms with Crippen molar-refractivity contribution in [2.45, 2.75) is 19.9 Å². The van der Waals surface area contributed by atoms with Crippen molar-refractivity contribution in [2.24, 2.45) is 5.92 Å². The third-order valence-corrected chi connectivity index (χ3v) is 3.11. The molecule has 1 aromatic heterocycles. The first-order valence-corrected chi connectivity index (χ1v) is 6.00. The molecule has 0 spiro atoms. The predicted octanol–water partition coefficient (Wildman–Crippen LogP) is 1.56. The van der Waals surface area contributed by atoms with Crippen molar-refractivity contribution in [3.8, 4) is 0 Å². The Kier molecular flexibility index (Phi) is 3.61. The lowest BCUT2D eigenvalue weighted by Crippen LogP contribution is -2.53. The second-order valence-electron chi connectivity index (χ2n) is 4.45. The monoisotopic (exact) mass is 240 g/mol. The summed E-state index contributed by atoms with van der Waals surface area (Å²) < 4.78 is 0. The summed E-state index contributed by atoms with van der Waals surface area (Å²) in [5.41, 5.74) is 0. The number of aromatic nitrogens is 2. The molecule has 0 saturated carbocycles. The summed E-state index contributed by atoms with van der Waals surface area (Å²) in [7, 11) is 0. The lowest BCUT2D eigenvalue weighted by molar-refractivity contribution is 0.367. The van der Waals surface area contributed by atoms with Crippen LogP contribution < -0.4 is 10.2 Å². The minimum absolute atomic E-state index is 0.456. The van der Waals surface area contributed by atoms with Gasteiger partial charge in [-0.25, -0.2) is 4.98 Å². The van der Waals surface area contributed by atoms with Gasteiger partial charge in [0.1, 0.15) is 11.0 Å². The number of nitrogens with zero attached hydrogens (tertiary/aromatic N) is 3. The average Bonchev–Trinajstić information content (AvgIpc) is 2.29. The SMILES string of the molecule is CC(C)C1CN(c2cncc(Cl)n2)CCN1. The summed E-state index contributed by atoms with van der Waals surface area (Å²) in [6.07, 6.45) is 3.34. The molecule has 16 heavy (non-hydrogen) atoms. The van der Waals surface area contributed by atoms with E-state index in [1.54, 1.807) is 12.4 Å². The molecule has 2 heterocycles. The van der Waals surface area contributed by atoms with Crippen LogP contribution in [-0.4, -0.2) is 35.6 Å². The molecule has 0 aliphatic carbocycles. The fraction of sp³-hybridized carbons (Fsp3) is 0.636. The molecule has 1 aromatic rings. The van der Waals surface area contributed by atoms with Gasteiger partial charge in [-0.3, -0.25) is 4.98 Å². The average molecular weight is 241 g/mol. The summed E-state index contributed by atoms with van der Waals surface area (Å²) >= 11 is 5.85. The second kappa shape index (κ2) is 4.97. The molecule has 0 radical (unpaired) electrons. The van der Waals surface area contributed by atoms with E-state index in [1.807, 2.05) is 0 Å². The highest BCUT2D eigenvalue weighted by molar-refractivity contribution is 6.29. The Morgan fingerprint density at radius 2 is 2.31 bits per heavy atom. The minimum atomic E-state index is 0.456. The molecule has 5 heteroatoms. The van der Waals surface area contributed by atoms with Crippen molar-refractivity contribution >= 4 is 17.4 Å². The van der Waals surface area contributed by atoms with E-state index in [0.29, 0.717) is 17.1 Å². The van der Waals surface area contributed by atoms with Gasteiger partial charge >= 0.3 is 0 Å². The van der Waals surface area contributed by atoms with E-state index >= 15 is 0 Å². The first-order valence-electron chi connectivity index (χ1n) is 5.62. The molecule has 1 N–H and O–H groups in total. The van der Waals surface area contributed by atoms with Gasteiger partial charge in [0, 0.05) is 25.7 Å². The van der Waals surface area contributed by atoms with E-state index in [0.717, 1.165) is 25.5 Å². The van der Waals surface area contributed by atoms with Crippen molar-refractivity contribution in [3.05, 3.63) is 17.5 Å². The Hall–Kier alpha value is -0.870. The van der Waals surface area contributed by atoms with Gasteiger partial charge in [-0.2, -0.15) is 0 Å². The summed E-state index contributed by atoms with van der Waals surface area (Å²) in [5.74, 6) is 1.49. The molecular weight excluding hydrogens is 224 g/mol. The van der Waals surface area contributed by atoms with E-state index in [2.05, 4.69) is 34.0 Å². The van der Waals surface area contributed by atoms with Crippen LogP contribution in [0.1, 0.15) is 13.8 Å². The van der Waals surface area contributed by atoms with E-state index in [9.17, 15) is 0 Å². The van der Waals surface area contributed by atoms with Crippen LogP contribution in [0.15, 0.2) is 12.4 Å². The zero-order valence-corrected chi connectivity index (χ0v) is 10.4. The molecule has 88 valence electrons. The molecule has 1 fully saturated rings. The summed E-state index contributed by atoms with van der Waals surface area (Å²) in [6.45, 7) is 7.36. The lowest BCUT2D eigenvalue weighted by Gasteiger charge is -2.36. The van der Waals surface area contributed by atoms with Gasteiger partial charge in [0.05, 0.1) is 12.4 Å². The van der Waals surface area contributed by atoms with E-state index in [1.165, 1.54) is 0 Å². The highest BCUT2D eigenvalue weighted by Crippen LogP contribution is 2.16. The number of nitrogens with one attached hydrogen (secondary N) is 1. The summed E-state index contributed by atoms with van der Waals surface area (Å²) in [4.78, 5) is 10.6. The van der Waals surface area contributed by atoms with Gasteiger partial charge in [0.25, 0.3) is 0 Å². The van der Waals surface area contributed by atoms with Crippen molar-refractivity contribution in [2.75, 3.05) is 24.5 Å². The number of rotatable bonds is 2. The molecule has 4 nitrogen and oxygen atoms in total. The van der Waals surface area contributed by atoms with Gasteiger partial charge in [0.2, 0.25) is 0 Å². The van der Waals surface area contributed by atoms with Crippen molar-refractivity contribution in [1.82, 2.24) is 15.3 Å². The Morgan fingerprint density at radius 1 is 1.50 bits per heavy atom. The molecule has 0 bridgehead atoms. The topological polar surface area (TPSA) is 41.1 Å². The molecule has 1 aliphatic rings. The number of piperazine rings is 1. The Bertz CT molecular complexity index is 356. The van der Waals surface area contributed by atoms with E-state index < -0.39 is 0 Å². The van der Waals surface area contributed by atoms with Crippen LogP contribution in [0, 0.1) is 5.92 Å². The fourth-order valence-electron chi connectivity index (χ4n) is 1.92. The maximum Gasteiger partial charge on any atom is 0.149 e. The van der Waals surface area contributed by atoms with Crippen LogP contribution in [0.5, 0.6) is 0 Å². The van der Waals surface area contributed by atoms with Gasteiger partial charge in [0.15, 0.2) is 0 Å². The molecule has 1 aliphatic heterocycles. The molecule has 1 atom stereocenters. The number of hydrogen-bond donors (Lipinski definition) is 1. The van der Waals surface area contributed by atoms with Crippen LogP contribution in [0.25, 0.3) is 0 Å². The van der Waals surface area contributed by atoms with Crippen LogP contribution in [0.3, 0.4) is 0 Å². The molecular formula is C11H17ClN4. The normalized spacial score (nSPS) is 21.5. The Labute approximate surface area is 101 Å². The lowest BCUT2D eigenvalue weighted by atomic mass is 10.0. The molecule has 0 amide bonds. The van der Waals surface area contributed by atoms with Crippen LogP contribution in [-0.2, 0) is 0 Å². The molecule has 0 aromatic carbocycles. The smallest absolute Gasteiger partial charge is 0.149 e. The minimum Gasteiger partial charge on any atom is -0.352 e. The third kappa shape index (κ3) is 2.62. The predicted molar refractivity (Wildman–Crippen MR) is 65.9 cm³/mol. The van der Waals surface area contributed by atoms with Crippen LogP contribution in [0.4, 0.5) is 5.82 Å². The fourth-order valence-corrected chi connectivity index (χ4v) is 2.06. The van der Waals surface area contributed by atoms with E-state index in [-0.39, 0.29) is 0 Å². The maximum absolute atomic E-state index is 5.85. The number of hydrogen-bond acceptors (Lipinski definition) is 4. The largest absolute Gasteiger partial charge is 0.352 e. The first-order chi connectivity index (χ1) is 7.66. The van der Waals surface area contributed by atoms with Gasteiger partial charge < -0.3 is 10.2 Å². The molecule has 1 unspecified atom stereocenters. The zero-order chi connectivity index (χ0) is 11.5. The maximum atomic E-state index is 5.85. The number of anilines is 1. The highest BCUT2D eigenvalue weighted by Gasteiger charge is 2.22. The third-order valence-electron chi connectivity index (χ3n) is 2.93. The van der Waals surface area contributed by atoms with Crippen molar-refractivity contribution in [1.29, 1.82) is 0 Å². The van der Waals surface area contributed by atoms with Gasteiger partial charge in [-0.15, -0.1) is 0 Å². The highest BCUT2D eigenvalue weighted by atomic mass is 35.5. The Morgan fingerprint density at radius 3 is 3.00 bits per heavy atom. The molecule has 1 saturated heterocycles. The van der Waals surface area contributed by atoms with E-state index in [4.69, 9.17) is 11.6 Å². The van der Waals surface area contributed by atoms with Crippen LogP contribution >= 0.6 is 11.6 Å². The second-order valence-corrected chi connectivity index (χ2v) is 4.84. The summed E-state index contributed by atoms with van der Waals surface area (Å²) in [5, 5.41) is 3.97. The Balaban J connectivity index is 2.09. The van der Waals surface area contributed by atoms with Crippen molar-refractivity contribution < 1.29 is 0 Å². The van der Waals surface area contributed by atoms with Gasteiger partial charge in [-0.1, -0.05) is 25.4 Å². The molecule has 2 rings (SSSR count). The standard InChI is InChI=1S/C11H17ClN4/c1-8(2)9-7-16(4-3-14-9)11-6-13-5-10(12)15-11/h5-6,8-9,14H,3-4,7H2,1-2H3. The zero-order valence-electron chi connectivity index (χ0n) is 9.65. The summed E-state index contributed by atoms with van der Waals surface area (Å²) in [6, 6.07) is 0.509. The van der Waals surface area contributed by atoms with Crippen molar-refractivity contribution in [3.63, 3.8) is 0 Å². The quantitative estimate of drug-likeness (QED) is 0.852. The van der Waals surface area contributed by atoms with Gasteiger partial charge in [-0.05, 0) is 5.92 Å².